The zero-order valence-corrected chi connectivity index (χ0v) is 15.4. The van der Waals surface area contributed by atoms with Crippen molar-refractivity contribution < 1.29 is 59.5 Å². The fourth-order valence-corrected chi connectivity index (χ4v) is 3.05. The van der Waals surface area contributed by atoms with E-state index in [2.05, 4.69) is 11.9 Å². The summed E-state index contributed by atoms with van der Waals surface area (Å²) in [5.41, 5.74) is 0. The van der Waals surface area contributed by atoms with Crippen LogP contribution in [0.25, 0.3) is 0 Å². The largest absolute Gasteiger partial charge is 0.445 e. The third-order valence-electron chi connectivity index (χ3n) is 4.63. The molecular formula is C16H27NO12. The maximum absolute atomic E-state index is 11.7. The van der Waals surface area contributed by atoms with E-state index in [1.165, 1.54) is 6.08 Å². The molecule has 2 saturated heterocycles. The van der Waals surface area contributed by atoms with Gasteiger partial charge in [-0.1, -0.05) is 12.7 Å². The summed E-state index contributed by atoms with van der Waals surface area (Å²) in [6.07, 6.45) is -13.8. The molecule has 2 aliphatic heterocycles. The topological polar surface area (TPSA) is 208 Å². The number of hydrogen-bond donors (Lipinski definition) is 8. The molecule has 0 spiro atoms. The van der Waals surface area contributed by atoms with E-state index in [1.54, 1.807) is 0 Å². The Morgan fingerprint density at radius 1 is 0.966 bits per heavy atom. The lowest BCUT2D eigenvalue weighted by Gasteiger charge is -2.46. The average molecular weight is 425 g/mol. The molecule has 0 aliphatic carbocycles. The minimum atomic E-state index is -1.77. The standard InChI is InChI=1S/C16H27NO12/c1-2-3-26-16(25)17-8-10(21)13(7(5-19)27-14(8)24)29-15-12(23)11(22)9(20)6(4-18)28-15/h2,6-15,18-24H,1,3-5H2,(H,17,25)/t6-,7-,8+,9+,10-,11+,12+,13-,14-,15+/m1/s1. The molecule has 1 amide bonds. The van der Waals surface area contributed by atoms with E-state index >= 15 is 0 Å². The van der Waals surface area contributed by atoms with Crippen molar-refractivity contribution in [1.29, 1.82) is 0 Å². The Morgan fingerprint density at radius 3 is 2.21 bits per heavy atom. The Labute approximate surface area is 165 Å². The van der Waals surface area contributed by atoms with Gasteiger partial charge in [-0.25, -0.2) is 4.79 Å². The van der Waals surface area contributed by atoms with Crippen LogP contribution >= 0.6 is 0 Å². The number of aliphatic hydroxyl groups is 7. The lowest BCUT2D eigenvalue weighted by Crippen LogP contribution is -2.67. The van der Waals surface area contributed by atoms with Crippen LogP contribution < -0.4 is 5.32 Å². The first-order valence-electron chi connectivity index (χ1n) is 8.87. The highest BCUT2D eigenvalue weighted by atomic mass is 16.7. The van der Waals surface area contributed by atoms with Crippen LogP contribution in [-0.2, 0) is 18.9 Å². The molecule has 2 heterocycles. The number of alkyl carbamates (subject to hydrolysis) is 1. The number of ether oxygens (including phenoxy) is 4. The molecular weight excluding hydrogens is 398 g/mol. The quantitative estimate of drug-likeness (QED) is 0.182. The van der Waals surface area contributed by atoms with Crippen LogP contribution in [0.5, 0.6) is 0 Å². The summed E-state index contributed by atoms with van der Waals surface area (Å²) in [6, 6.07) is -1.44. The zero-order valence-electron chi connectivity index (χ0n) is 15.4. The molecule has 10 atom stereocenters. The molecule has 0 aromatic carbocycles. The molecule has 0 saturated carbocycles. The van der Waals surface area contributed by atoms with Crippen molar-refractivity contribution in [1.82, 2.24) is 5.32 Å². The molecule has 0 radical (unpaired) electrons. The summed E-state index contributed by atoms with van der Waals surface area (Å²) < 4.78 is 20.5. The average Bonchev–Trinajstić information content (AvgIpc) is 2.71. The van der Waals surface area contributed by atoms with Crippen molar-refractivity contribution in [2.24, 2.45) is 0 Å². The van der Waals surface area contributed by atoms with E-state index in [9.17, 15) is 40.5 Å². The molecule has 8 N–H and O–H groups in total. The Balaban J connectivity index is 2.13. The van der Waals surface area contributed by atoms with E-state index < -0.39 is 80.7 Å². The number of carbonyl (C=O) groups is 1. The summed E-state index contributed by atoms with van der Waals surface area (Å²) in [6.45, 7) is 1.82. The maximum Gasteiger partial charge on any atom is 0.407 e. The van der Waals surface area contributed by atoms with Crippen LogP contribution in [-0.4, -0.2) is 123 Å². The molecule has 2 aliphatic rings. The second-order valence-electron chi connectivity index (χ2n) is 6.59. The number of aliphatic hydroxyl groups excluding tert-OH is 7. The van der Waals surface area contributed by atoms with Gasteiger partial charge in [-0.3, -0.25) is 0 Å². The number of rotatable bonds is 7. The van der Waals surface area contributed by atoms with Gasteiger partial charge in [0.1, 0.15) is 55.4 Å². The van der Waals surface area contributed by atoms with Crippen LogP contribution in [0.3, 0.4) is 0 Å². The van der Waals surface area contributed by atoms with Gasteiger partial charge >= 0.3 is 6.09 Å². The van der Waals surface area contributed by atoms with Crippen LogP contribution in [0, 0.1) is 0 Å². The second-order valence-corrected chi connectivity index (χ2v) is 6.59. The first-order valence-corrected chi connectivity index (χ1v) is 8.87. The van der Waals surface area contributed by atoms with Gasteiger partial charge in [-0.05, 0) is 0 Å². The Hall–Kier alpha value is -1.39. The summed E-state index contributed by atoms with van der Waals surface area (Å²) in [7, 11) is 0. The van der Waals surface area contributed by atoms with E-state index in [0.717, 1.165) is 0 Å². The first kappa shape index (κ1) is 23.9. The Kier molecular flexibility index (Phi) is 8.72. The fraction of sp³-hybridized carbons (Fsp3) is 0.812. The van der Waals surface area contributed by atoms with Gasteiger partial charge in [-0.15, -0.1) is 0 Å². The second kappa shape index (κ2) is 10.6. The lowest BCUT2D eigenvalue weighted by molar-refractivity contribution is -0.345. The van der Waals surface area contributed by atoms with Crippen molar-refractivity contribution in [3.8, 4) is 0 Å². The Bertz CT molecular complexity index is 548. The van der Waals surface area contributed by atoms with Gasteiger partial charge in [0.15, 0.2) is 12.6 Å². The molecule has 13 heteroatoms. The SMILES string of the molecule is C=CCOC(=O)N[C@H]1[C@@H](O)[C@H](O[C@@H]2O[C@H](CO)[C@H](O)[C@H](O)[C@@H]2O)[C@@H](CO)O[C@H]1O. The van der Waals surface area contributed by atoms with Crippen LogP contribution in [0.4, 0.5) is 4.79 Å². The number of nitrogens with one attached hydrogen (secondary N) is 1. The monoisotopic (exact) mass is 425 g/mol. The number of carbonyl (C=O) groups excluding carboxylic acids is 1. The molecule has 0 unspecified atom stereocenters. The number of amides is 1. The predicted octanol–water partition coefficient (Wildman–Crippen LogP) is -4.48. The van der Waals surface area contributed by atoms with E-state index in [1.807, 2.05) is 0 Å². The van der Waals surface area contributed by atoms with E-state index in [0.29, 0.717) is 0 Å². The highest BCUT2D eigenvalue weighted by Gasteiger charge is 2.50. The molecule has 29 heavy (non-hydrogen) atoms. The molecule has 2 fully saturated rings. The van der Waals surface area contributed by atoms with Crippen molar-refractivity contribution in [2.45, 2.75) is 61.3 Å². The van der Waals surface area contributed by atoms with Crippen LogP contribution in [0.15, 0.2) is 12.7 Å². The minimum Gasteiger partial charge on any atom is -0.445 e. The number of hydrogen-bond acceptors (Lipinski definition) is 12. The molecule has 0 aromatic rings. The van der Waals surface area contributed by atoms with Crippen molar-refractivity contribution in [3.63, 3.8) is 0 Å². The zero-order chi connectivity index (χ0) is 21.7. The predicted molar refractivity (Wildman–Crippen MR) is 91.1 cm³/mol. The molecule has 13 nitrogen and oxygen atoms in total. The van der Waals surface area contributed by atoms with Gasteiger partial charge in [0.2, 0.25) is 0 Å². The van der Waals surface area contributed by atoms with Gasteiger partial charge in [0.25, 0.3) is 0 Å². The minimum absolute atomic E-state index is 0.129. The van der Waals surface area contributed by atoms with Crippen LogP contribution in [0.2, 0.25) is 0 Å². The third kappa shape index (κ3) is 5.40. The summed E-state index contributed by atoms with van der Waals surface area (Å²) >= 11 is 0. The third-order valence-corrected chi connectivity index (χ3v) is 4.63. The Morgan fingerprint density at radius 2 is 1.62 bits per heavy atom. The summed E-state index contributed by atoms with van der Waals surface area (Å²) in [5, 5.41) is 71.2. The van der Waals surface area contributed by atoms with Gasteiger partial charge in [0.05, 0.1) is 13.2 Å². The van der Waals surface area contributed by atoms with Crippen LogP contribution in [0.1, 0.15) is 0 Å². The first-order chi connectivity index (χ1) is 13.7. The van der Waals surface area contributed by atoms with E-state index in [4.69, 9.17) is 18.9 Å². The van der Waals surface area contributed by atoms with Crippen molar-refractivity contribution in [2.75, 3.05) is 19.8 Å². The normalized spacial score (nSPS) is 42.9. The van der Waals surface area contributed by atoms with Gasteiger partial charge in [-0.2, -0.15) is 0 Å². The van der Waals surface area contributed by atoms with Gasteiger partial charge in [0, 0.05) is 0 Å². The molecule has 2 rings (SSSR count). The molecule has 168 valence electrons. The van der Waals surface area contributed by atoms with Gasteiger partial charge < -0.3 is 60.0 Å². The highest BCUT2D eigenvalue weighted by Crippen LogP contribution is 2.28. The smallest absolute Gasteiger partial charge is 0.407 e. The summed E-state index contributed by atoms with van der Waals surface area (Å²) in [5.74, 6) is 0. The van der Waals surface area contributed by atoms with Crippen molar-refractivity contribution in [3.05, 3.63) is 12.7 Å². The van der Waals surface area contributed by atoms with E-state index in [-0.39, 0.29) is 6.61 Å². The highest BCUT2D eigenvalue weighted by molar-refractivity contribution is 5.67. The lowest BCUT2D eigenvalue weighted by atomic mass is 9.95. The fourth-order valence-electron chi connectivity index (χ4n) is 3.05. The molecule has 0 bridgehead atoms. The van der Waals surface area contributed by atoms with Crippen molar-refractivity contribution >= 4 is 6.09 Å². The summed E-state index contributed by atoms with van der Waals surface area (Å²) in [4.78, 5) is 11.7. The maximum atomic E-state index is 11.7. The molecule has 0 aromatic heterocycles.